The number of hydrogen-bond donors (Lipinski definition) is 1. The van der Waals surface area contributed by atoms with Crippen LogP contribution in [0.25, 0.3) is 0 Å². The van der Waals surface area contributed by atoms with Crippen LogP contribution in [0, 0.1) is 0 Å². The van der Waals surface area contributed by atoms with Crippen molar-refractivity contribution in [2.45, 2.75) is 26.0 Å². The Balaban J connectivity index is 2.12. The molecule has 1 heterocycles. The molecule has 1 aliphatic rings. The third-order valence-corrected chi connectivity index (χ3v) is 4.17. The maximum Gasteiger partial charge on any atom is 0.0702 e. The van der Waals surface area contributed by atoms with Crippen molar-refractivity contribution < 1.29 is 5.11 Å². The Hall–Kier alpha value is -1.32. The third kappa shape index (κ3) is 2.17. The van der Waals surface area contributed by atoms with E-state index in [1.807, 2.05) is 12.1 Å². The molecule has 2 aromatic rings. The zero-order valence-corrected chi connectivity index (χ0v) is 12.4. The Morgan fingerprint density at radius 3 is 2.79 bits per heavy atom. The van der Waals surface area contributed by atoms with Crippen LogP contribution in [0.15, 0.2) is 46.9 Å². The summed E-state index contributed by atoms with van der Waals surface area (Å²) in [6.45, 7) is 2.28. The fourth-order valence-electron chi connectivity index (χ4n) is 2.85. The van der Waals surface area contributed by atoms with Gasteiger partial charge in [-0.25, -0.2) is 0 Å². The summed E-state index contributed by atoms with van der Waals surface area (Å²) in [5, 5.41) is 9.59. The zero-order valence-electron chi connectivity index (χ0n) is 10.8. The Bertz CT molecular complexity index is 611. The fourth-order valence-corrected chi connectivity index (χ4v) is 3.26. The highest BCUT2D eigenvalue weighted by Gasteiger charge is 2.27. The van der Waals surface area contributed by atoms with Crippen molar-refractivity contribution in [2.75, 3.05) is 4.90 Å². The Morgan fingerprint density at radius 2 is 2.00 bits per heavy atom. The number of fused-ring (bicyclic) bond motifs is 1. The lowest BCUT2D eigenvalue weighted by Gasteiger charge is -2.27. The van der Waals surface area contributed by atoms with Crippen LogP contribution >= 0.6 is 15.9 Å². The molecule has 0 saturated heterocycles. The van der Waals surface area contributed by atoms with E-state index in [2.05, 4.69) is 58.1 Å². The molecule has 1 aliphatic heterocycles. The largest absolute Gasteiger partial charge is 0.392 e. The van der Waals surface area contributed by atoms with Gasteiger partial charge in [0.1, 0.15) is 0 Å². The smallest absolute Gasteiger partial charge is 0.0702 e. The lowest BCUT2D eigenvalue weighted by molar-refractivity contribution is 0.282. The number of anilines is 2. The van der Waals surface area contributed by atoms with Crippen molar-refractivity contribution in [3.63, 3.8) is 0 Å². The van der Waals surface area contributed by atoms with E-state index in [9.17, 15) is 5.11 Å². The lowest BCUT2D eigenvalue weighted by atomic mass is 10.1. The highest BCUT2D eigenvalue weighted by Crippen LogP contribution is 2.40. The van der Waals surface area contributed by atoms with E-state index in [4.69, 9.17) is 0 Å². The first-order valence-electron chi connectivity index (χ1n) is 6.47. The lowest BCUT2D eigenvalue weighted by Crippen LogP contribution is -2.25. The van der Waals surface area contributed by atoms with Crippen LogP contribution in [0.3, 0.4) is 0 Å². The van der Waals surface area contributed by atoms with Gasteiger partial charge in [0.25, 0.3) is 0 Å². The minimum Gasteiger partial charge on any atom is -0.392 e. The van der Waals surface area contributed by atoms with Crippen molar-refractivity contribution >= 4 is 27.3 Å². The molecule has 1 atom stereocenters. The molecule has 0 radical (unpaired) electrons. The van der Waals surface area contributed by atoms with Crippen LogP contribution in [0.1, 0.15) is 18.1 Å². The Morgan fingerprint density at radius 1 is 1.21 bits per heavy atom. The van der Waals surface area contributed by atoms with Gasteiger partial charge in [-0.2, -0.15) is 0 Å². The van der Waals surface area contributed by atoms with Crippen molar-refractivity contribution in [1.82, 2.24) is 0 Å². The van der Waals surface area contributed by atoms with E-state index in [1.165, 1.54) is 11.3 Å². The third-order valence-electron chi connectivity index (χ3n) is 3.68. The normalized spacial score (nSPS) is 17.6. The predicted octanol–water partition coefficient (Wildman–Crippen LogP) is 4.02. The van der Waals surface area contributed by atoms with Gasteiger partial charge in [0, 0.05) is 27.5 Å². The molecule has 0 amide bonds. The summed E-state index contributed by atoms with van der Waals surface area (Å²) in [5.74, 6) is 0. The number of nitrogens with zero attached hydrogens (tertiary/aromatic N) is 1. The number of aliphatic hydroxyl groups excluding tert-OH is 1. The maximum atomic E-state index is 9.59. The van der Waals surface area contributed by atoms with Crippen molar-refractivity contribution in [3.8, 4) is 0 Å². The molecule has 3 heteroatoms. The minimum absolute atomic E-state index is 0.0557. The van der Waals surface area contributed by atoms with Crippen molar-refractivity contribution in [3.05, 3.63) is 58.1 Å². The van der Waals surface area contributed by atoms with E-state index in [-0.39, 0.29) is 6.61 Å². The maximum absolute atomic E-state index is 9.59. The van der Waals surface area contributed by atoms with Gasteiger partial charge in [0.2, 0.25) is 0 Å². The molecule has 0 bridgehead atoms. The molecule has 1 unspecified atom stereocenters. The van der Waals surface area contributed by atoms with E-state index in [0.717, 1.165) is 22.1 Å². The molecule has 19 heavy (non-hydrogen) atoms. The van der Waals surface area contributed by atoms with Gasteiger partial charge in [-0.3, -0.25) is 0 Å². The Labute approximate surface area is 121 Å². The number of hydrogen-bond acceptors (Lipinski definition) is 2. The fraction of sp³-hybridized carbons (Fsp3) is 0.250. The molecule has 0 fully saturated rings. The van der Waals surface area contributed by atoms with E-state index in [0.29, 0.717) is 6.04 Å². The molecule has 0 saturated carbocycles. The number of aliphatic hydroxyl groups is 1. The van der Waals surface area contributed by atoms with Crippen LogP contribution in [-0.4, -0.2) is 11.1 Å². The topological polar surface area (TPSA) is 23.5 Å². The number of para-hydroxylation sites is 1. The van der Waals surface area contributed by atoms with Gasteiger partial charge in [0.05, 0.1) is 6.61 Å². The molecule has 0 spiro atoms. The Kier molecular flexibility index (Phi) is 3.33. The number of rotatable bonds is 2. The first kappa shape index (κ1) is 12.7. The molecular formula is C16H16BrNO. The van der Waals surface area contributed by atoms with Gasteiger partial charge in [-0.1, -0.05) is 34.1 Å². The molecule has 3 rings (SSSR count). The van der Waals surface area contributed by atoms with E-state index < -0.39 is 0 Å². The number of halogens is 1. The highest BCUT2D eigenvalue weighted by molar-refractivity contribution is 9.10. The standard InChI is InChI=1S/C16H16BrNO/c1-11-8-12-4-2-3-5-15(12)18(11)16-7-6-14(17)9-13(16)10-19/h2-7,9,11,19H,8,10H2,1H3. The van der Waals surface area contributed by atoms with Crippen LogP contribution in [0.5, 0.6) is 0 Å². The average Bonchev–Trinajstić information content (AvgIpc) is 2.74. The monoisotopic (exact) mass is 317 g/mol. The SMILES string of the molecule is CC1Cc2ccccc2N1c1ccc(Br)cc1CO. The average molecular weight is 318 g/mol. The first-order chi connectivity index (χ1) is 9.20. The molecule has 2 aromatic carbocycles. The highest BCUT2D eigenvalue weighted by atomic mass is 79.9. The van der Waals surface area contributed by atoms with Crippen molar-refractivity contribution in [1.29, 1.82) is 0 Å². The summed E-state index contributed by atoms with van der Waals surface area (Å²) in [6, 6.07) is 15.0. The summed E-state index contributed by atoms with van der Waals surface area (Å²) in [4.78, 5) is 2.33. The predicted molar refractivity (Wildman–Crippen MR) is 81.8 cm³/mol. The van der Waals surface area contributed by atoms with E-state index >= 15 is 0 Å². The van der Waals surface area contributed by atoms with Gasteiger partial charge >= 0.3 is 0 Å². The second-order valence-electron chi connectivity index (χ2n) is 4.98. The zero-order chi connectivity index (χ0) is 13.4. The molecule has 1 N–H and O–H groups in total. The van der Waals surface area contributed by atoms with Gasteiger partial charge in [-0.05, 0) is 43.2 Å². The first-order valence-corrected chi connectivity index (χ1v) is 7.26. The van der Waals surface area contributed by atoms with Crippen molar-refractivity contribution in [2.24, 2.45) is 0 Å². The van der Waals surface area contributed by atoms with Crippen LogP contribution < -0.4 is 4.90 Å². The minimum atomic E-state index is 0.0557. The van der Waals surface area contributed by atoms with E-state index in [1.54, 1.807) is 0 Å². The molecule has 0 aliphatic carbocycles. The van der Waals surface area contributed by atoms with Gasteiger partial charge < -0.3 is 10.0 Å². The van der Waals surface area contributed by atoms with Gasteiger partial charge in [-0.15, -0.1) is 0 Å². The molecule has 98 valence electrons. The summed E-state index contributed by atoms with van der Waals surface area (Å²) in [5.41, 5.74) is 4.69. The summed E-state index contributed by atoms with van der Waals surface area (Å²) in [6.07, 6.45) is 1.05. The van der Waals surface area contributed by atoms with Gasteiger partial charge in [0.15, 0.2) is 0 Å². The van der Waals surface area contributed by atoms with Crippen LogP contribution in [0.2, 0.25) is 0 Å². The summed E-state index contributed by atoms with van der Waals surface area (Å²) >= 11 is 3.46. The second-order valence-corrected chi connectivity index (χ2v) is 5.90. The molecule has 2 nitrogen and oxygen atoms in total. The summed E-state index contributed by atoms with van der Waals surface area (Å²) < 4.78 is 1.00. The van der Waals surface area contributed by atoms with Crippen LogP contribution in [-0.2, 0) is 13.0 Å². The molecule has 0 aromatic heterocycles. The number of benzene rings is 2. The summed E-state index contributed by atoms with van der Waals surface area (Å²) in [7, 11) is 0. The van der Waals surface area contributed by atoms with Crippen LogP contribution in [0.4, 0.5) is 11.4 Å². The molecular weight excluding hydrogens is 302 g/mol. The quantitative estimate of drug-likeness (QED) is 0.904. The second kappa shape index (κ2) is 4.99.